The molecule has 0 heterocycles. The molecular formula is C80H132NO8+. The van der Waals surface area contributed by atoms with Gasteiger partial charge in [0.15, 0.2) is 6.10 Å². The lowest BCUT2D eigenvalue weighted by Crippen LogP contribution is -2.40. The Kier molecular flexibility index (Phi) is 64.9. The highest BCUT2D eigenvalue weighted by Crippen LogP contribution is 2.17. The van der Waals surface area contributed by atoms with Crippen LogP contribution in [0.15, 0.2) is 158 Å². The van der Waals surface area contributed by atoms with Crippen LogP contribution in [0.25, 0.3) is 0 Å². The van der Waals surface area contributed by atoms with Crippen molar-refractivity contribution in [3.8, 4) is 0 Å². The number of nitrogens with zero attached hydrogens (tertiary/aromatic N) is 1. The molecule has 0 aromatic carbocycles. The smallest absolute Gasteiger partial charge is 0.361 e. The molecule has 2 unspecified atom stereocenters. The lowest BCUT2D eigenvalue weighted by Gasteiger charge is -2.25. The van der Waals surface area contributed by atoms with Crippen molar-refractivity contribution >= 4 is 17.9 Å². The minimum atomic E-state index is -1.52. The predicted molar refractivity (Wildman–Crippen MR) is 382 cm³/mol. The van der Waals surface area contributed by atoms with E-state index >= 15 is 0 Å². The van der Waals surface area contributed by atoms with Crippen LogP contribution in [0, 0.1) is 0 Å². The predicted octanol–water partition coefficient (Wildman–Crippen LogP) is 22.5. The number of likely N-dealkylation sites (N-methyl/N-ethyl adjacent to an activating group) is 1. The fourth-order valence-electron chi connectivity index (χ4n) is 9.41. The van der Waals surface area contributed by atoms with Crippen molar-refractivity contribution in [1.29, 1.82) is 0 Å². The highest BCUT2D eigenvalue weighted by molar-refractivity contribution is 5.71. The molecule has 0 bridgehead atoms. The van der Waals surface area contributed by atoms with Crippen LogP contribution in [-0.2, 0) is 33.3 Å². The molecule has 9 heteroatoms. The van der Waals surface area contributed by atoms with E-state index in [0.717, 1.165) is 141 Å². The second-order valence-electron chi connectivity index (χ2n) is 24.4. The van der Waals surface area contributed by atoms with Gasteiger partial charge >= 0.3 is 17.9 Å². The van der Waals surface area contributed by atoms with Crippen LogP contribution in [-0.4, -0.2) is 87.4 Å². The first-order valence-corrected chi connectivity index (χ1v) is 35.6. The van der Waals surface area contributed by atoms with Gasteiger partial charge in [0.25, 0.3) is 6.29 Å². The molecule has 0 aliphatic heterocycles. The van der Waals surface area contributed by atoms with E-state index in [1.807, 2.05) is 21.1 Å². The van der Waals surface area contributed by atoms with E-state index in [1.165, 1.54) is 96.3 Å². The molecule has 0 saturated heterocycles. The van der Waals surface area contributed by atoms with Crippen LogP contribution < -0.4 is 0 Å². The zero-order chi connectivity index (χ0) is 64.7. The second kappa shape index (κ2) is 68.8. The van der Waals surface area contributed by atoms with Gasteiger partial charge in [0.2, 0.25) is 0 Å². The fraction of sp³-hybridized carbons (Fsp3) is 0.637. The topological polar surface area (TPSA) is 108 Å². The summed E-state index contributed by atoms with van der Waals surface area (Å²) in [5.41, 5.74) is 0. The van der Waals surface area contributed by atoms with Crippen LogP contribution in [0.3, 0.4) is 0 Å². The Bertz CT molecular complexity index is 2020. The molecule has 0 amide bonds. The second-order valence-corrected chi connectivity index (χ2v) is 24.4. The van der Waals surface area contributed by atoms with E-state index < -0.39 is 24.3 Å². The molecule has 9 nitrogen and oxygen atoms in total. The van der Waals surface area contributed by atoms with Crippen LogP contribution in [0.1, 0.15) is 271 Å². The first kappa shape index (κ1) is 83.9. The maximum atomic E-state index is 12.9. The van der Waals surface area contributed by atoms with E-state index in [0.29, 0.717) is 23.9 Å². The Balaban J connectivity index is 4.17. The van der Waals surface area contributed by atoms with Gasteiger partial charge in [-0.2, -0.15) is 0 Å². The van der Waals surface area contributed by atoms with Crippen molar-refractivity contribution in [2.24, 2.45) is 0 Å². The number of carbonyl (C=O) groups is 3. The van der Waals surface area contributed by atoms with E-state index in [2.05, 4.69) is 172 Å². The highest BCUT2D eigenvalue weighted by atomic mass is 16.7. The molecule has 0 saturated carbocycles. The molecule has 0 rings (SSSR count). The molecule has 1 N–H and O–H groups in total. The number of aliphatic carboxylic acids is 1. The number of quaternary nitrogens is 1. The summed E-state index contributed by atoms with van der Waals surface area (Å²) < 4.78 is 23.0. The van der Waals surface area contributed by atoms with E-state index in [1.54, 1.807) is 0 Å². The summed E-state index contributed by atoms with van der Waals surface area (Å²) >= 11 is 0. The van der Waals surface area contributed by atoms with Crippen molar-refractivity contribution in [1.82, 2.24) is 0 Å². The molecule has 0 aliphatic carbocycles. The maximum absolute atomic E-state index is 12.9. The van der Waals surface area contributed by atoms with Crippen LogP contribution in [0.4, 0.5) is 0 Å². The van der Waals surface area contributed by atoms with Gasteiger partial charge in [0.1, 0.15) is 13.2 Å². The standard InChI is InChI=1S/C80H131NO8/c1-6-8-10-12-14-16-18-20-22-24-26-28-30-32-34-36-38-39-41-42-44-46-48-50-52-54-56-58-60-62-64-66-68-70-77(82)87-74-76(75-88-80(79(84)85)86-73-72-81(3,4)5)89-78(83)71-69-67-65-63-61-59-57-55-53-51-49-47-45-43-40-37-35-33-31-29-27-25-23-21-19-17-15-13-11-9-7-2/h8-11,14-17,20-23,26-29,32-35,40,43,47,49,53,55,76,80H,6-7,12-13,18-19,24-25,30-31,36-39,41-42,44-46,48,50-52,54,56-75H2,1-5H3/p+1/b10-8-,11-9-,16-14-,17-15-,22-20-,23-21-,28-26-,29-27-,34-32-,35-33-,43-40-,49-47-,55-53-. The minimum Gasteiger partial charge on any atom is -0.477 e. The molecule has 0 aromatic rings. The molecule has 0 aliphatic rings. The highest BCUT2D eigenvalue weighted by Gasteiger charge is 2.25. The van der Waals surface area contributed by atoms with Crippen LogP contribution >= 0.6 is 0 Å². The number of unbranched alkanes of at least 4 members (excludes halogenated alkanes) is 23. The number of esters is 2. The summed E-state index contributed by atoms with van der Waals surface area (Å²) in [6, 6.07) is 0. The number of rotatable bonds is 64. The van der Waals surface area contributed by atoms with Gasteiger partial charge < -0.3 is 28.5 Å². The van der Waals surface area contributed by atoms with Crippen molar-refractivity contribution in [2.45, 2.75) is 283 Å². The maximum Gasteiger partial charge on any atom is 0.361 e. The van der Waals surface area contributed by atoms with Crippen molar-refractivity contribution in [2.75, 3.05) is 47.5 Å². The zero-order valence-electron chi connectivity index (χ0n) is 57.5. The van der Waals surface area contributed by atoms with Gasteiger partial charge in [-0.05, 0) is 122 Å². The Morgan fingerprint density at radius 3 is 0.899 bits per heavy atom. The lowest BCUT2D eigenvalue weighted by atomic mass is 10.0. The summed E-state index contributed by atoms with van der Waals surface area (Å²) in [5, 5.41) is 9.75. The quantitative estimate of drug-likeness (QED) is 0.0211. The number of allylic oxidation sites excluding steroid dienone is 26. The first-order valence-electron chi connectivity index (χ1n) is 35.6. The number of hydrogen-bond acceptors (Lipinski definition) is 7. The summed E-state index contributed by atoms with van der Waals surface area (Å²) in [4.78, 5) is 37.7. The van der Waals surface area contributed by atoms with Gasteiger partial charge in [0, 0.05) is 12.8 Å². The average molecular weight is 1240 g/mol. The summed E-state index contributed by atoms with van der Waals surface area (Å²) in [5.74, 6) is -2.03. The minimum absolute atomic E-state index is 0.177. The Labute approximate surface area is 546 Å². The SMILES string of the molecule is CC/C=C\C/C=C\C/C=C\C/C=C\C/C=C\C/C=C\C/C=C\C/C=C\CCCCCCCCC(=O)OC(COC(=O)CCCCCCCCCCCCCCCCCCC/C=C\C/C=C\C/C=C\C/C=C\C/C=C\CC)COC(OCC[N+](C)(C)C)C(=O)O. The normalized spacial score (nSPS) is 13.7. The van der Waals surface area contributed by atoms with Gasteiger partial charge in [-0.25, -0.2) is 4.79 Å². The number of carbonyl (C=O) groups excluding carboxylic acids is 2. The van der Waals surface area contributed by atoms with E-state index in [-0.39, 0.29) is 32.2 Å². The van der Waals surface area contributed by atoms with E-state index in [4.69, 9.17) is 18.9 Å². The summed E-state index contributed by atoms with van der Waals surface area (Å²) in [6.45, 7) is 4.63. The lowest BCUT2D eigenvalue weighted by molar-refractivity contribution is -0.870. The molecule has 504 valence electrons. The molecule has 2 atom stereocenters. The largest absolute Gasteiger partial charge is 0.477 e. The van der Waals surface area contributed by atoms with Crippen LogP contribution in [0.5, 0.6) is 0 Å². The summed E-state index contributed by atoms with van der Waals surface area (Å²) in [7, 11) is 5.96. The Morgan fingerprint density at radius 2 is 0.607 bits per heavy atom. The van der Waals surface area contributed by atoms with Gasteiger partial charge in [-0.3, -0.25) is 9.59 Å². The third kappa shape index (κ3) is 70.2. The first-order chi connectivity index (χ1) is 43.6. The van der Waals surface area contributed by atoms with Gasteiger partial charge in [0.05, 0.1) is 34.4 Å². The number of ether oxygens (including phenoxy) is 4. The van der Waals surface area contributed by atoms with Crippen LogP contribution in [0.2, 0.25) is 0 Å². The Morgan fingerprint density at radius 1 is 0.337 bits per heavy atom. The van der Waals surface area contributed by atoms with Gasteiger partial charge in [-0.15, -0.1) is 0 Å². The molecule has 0 radical (unpaired) electrons. The third-order valence-electron chi connectivity index (χ3n) is 14.8. The number of carboxylic acids is 1. The summed E-state index contributed by atoms with van der Waals surface area (Å²) in [6.07, 6.45) is 99.2. The zero-order valence-corrected chi connectivity index (χ0v) is 57.5. The monoisotopic (exact) mass is 1230 g/mol. The molecule has 0 spiro atoms. The molecule has 0 aromatic heterocycles. The average Bonchev–Trinajstić information content (AvgIpc) is 3.64. The number of carboxylic acid groups (broad SMARTS) is 1. The van der Waals surface area contributed by atoms with Gasteiger partial charge in [-0.1, -0.05) is 294 Å². The van der Waals surface area contributed by atoms with E-state index in [9.17, 15) is 19.5 Å². The third-order valence-corrected chi connectivity index (χ3v) is 14.8. The van der Waals surface area contributed by atoms with Crippen molar-refractivity contribution < 1.29 is 42.9 Å². The molecule has 89 heavy (non-hydrogen) atoms. The van der Waals surface area contributed by atoms with Crippen molar-refractivity contribution in [3.63, 3.8) is 0 Å². The molecule has 0 fully saturated rings. The molecular weight excluding hydrogens is 1100 g/mol. The number of hydrogen-bond donors (Lipinski definition) is 1. The Hall–Kier alpha value is -5.09. The fourth-order valence-corrected chi connectivity index (χ4v) is 9.41. The van der Waals surface area contributed by atoms with Crippen molar-refractivity contribution in [3.05, 3.63) is 158 Å².